The smallest absolute Gasteiger partial charge is 0.114 e. The van der Waals surface area contributed by atoms with Crippen LogP contribution in [0.2, 0.25) is 0 Å². The quantitative estimate of drug-likeness (QED) is 0.513. The summed E-state index contributed by atoms with van der Waals surface area (Å²) in [5, 5.41) is 0. The van der Waals surface area contributed by atoms with Gasteiger partial charge in [0.05, 0.1) is 17.7 Å². The van der Waals surface area contributed by atoms with Crippen LogP contribution >= 0.6 is 0 Å². The number of anilines is 1. The normalized spacial score (nSPS) is 14.5. The maximum Gasteiger partial charge on any atom is 0.114 e. The van der Waals surface area contributed by atoms with Gasteiger partial charge in [-0.1, -0.05) is 13.8 Å². The number of aliphatic imine (C=N–C) groups is 2. The first-order valence-electron chi connectivity index (χ1n) is 10.3. The van der Waals surface area contributed by atoms with E-state index in [4.69, 9.17) is 9.98 Å². The molecule has 0 saturated heterocycles. The molecule has 0 radical (unpaired) electrons. The van der Waals surface area contributed by atoms with E-state index in [-0.39, 0.29) is 6.04 Å². The molecule has 0 N–H and O–H groups in total. The van der Waals surface area contributed by atoms with E-state index in [0.717, 1.165) is 50.2 Å². The van der Waals surface area contributed by atoms with Crippen molar-refractivity contribution in [2.75, 3.05) is 60.3 Å². The molecule has 0 fully saturated rings. The zero-order chi connectivity index (χ0) is 21.2. The molecule has 2 atom stereocenters. The minimum Gasteiger partial charge on any atom is -0.378 e. The molecular formula is C22H40N6. The number of hydrogen-bond donors (Lipinski definition) is 0. The van der Waals surface area contributed by atoms with Crippen molar-refractivity contribution in [3.05, 3.63) is 24.0 Å². The van der Waals surface area contributed by atoms with Crippen molar-refractivity contribution in [3.8, 4) is 0 Å². The molecular weight excluding hydrogens is 348 g/mol. The van der Waals surface area contributed by atoms with Gasteiger partial charge in [0, 0.05) is 32.5 Å². The minimum absolute atomic E-state index is 0.260. The average molecular weight is 389 g/mol. The lowest BCUT2D eigenvalue weighted by Crippen LogP contribution is -2.30. The van der Waals surface area contributed by atoms with Gasteiger partial charge in [-0.15, -0.1) is 0 Å². The molecule has 0 spiro atoms. The zero-order valence-corrected chi connectivity index (χ0v) is 19.2. The number of nitrogens with zero attached hydrogens (tertiary/aromatic N) is 6. The summed E-state index contributed by atoms with van der Waals surface area (Å²) < 4.78 is 0. The summed E-state index contributed by atoms with van der Waals surface area (Å²) >= 11 is 0. The van der Waals surface area contributed by atoms with Crippen molar-refractivity contribution in [2.24, 2.45) is 9.98 Å². The second-order valence-corrected chi connectivity index (χ2v) is 8.23. The molecule has 0 aromatic carbocycles. The van der Waals surface area contributed by atoms with Crippen molar-refractivity contribution in [2.45, 2.75) is 51.1 Å². The molecule has 0 saturated carbocycles. The maximum atomic E-state index is 4.89. The molecule has 2 unspecified atom stereocenters. The van der Waals surface area contributed by atoms with E-state index in [0.29, 0.717) is 0 Å². The highest BCUT2D eigenvalue weighted by atomic mass is 15.1. The van der Waals surface area contributed by atoms with Gasteiger partial charge in [0.25, 0.3) is 0 Å². The van der Waals surface area contributed by atoms with Crippen molar-refractivity contribution in [1.82, 2.24) is 14.8 Å². The zero-order valence-electron chi connectivity index (χ0n) is 19.2. The van der Waals surface area contributed by atoms with Crippen LogP contribution in [0.3, 0.4) is 0 Å². The van der Waals surface area contributed by atoms with E-state index in [1.165, 1.54) is 0 Å². The van der Waals surface area contributed by atoms with E-state index in [9.17, 15) is 0 Å². The molecule has 6 heteroatoms. The fourth-order valence-electron chi connectivity index (χ4n) is 3.01. The second-order valence-electron chi connectivity index (χ2n) is 8.23. The highest BCUT2D eigenvalue weighted by Crippen LogP contribution is 2.33. The summed E-state index contributed by atoms with van der Waals surface area (Å²) in [4.78, 5) is 20.7. The number of pyridine rings is 1. The van der Waals surface area contributed by atoms with Gasteiger partial charge in [-0.25, -0.2) is 9.98 Å². The van der Waals surface area contributed by atoms with E-state index in [2.05, 4.69) is 73.8 Å². The Bertz CT molecular complexity index is 634. The summed E-state index contributed by atoms with van der Waals surface area (Å²) in [5.41, 5.74) is 1.73. The number of hydrogen-bond acceptors (Lipinski definition) is 6. The number of rotatable bonds is 12. The first-order chi connectivity index (χ1) is 13.2. The van der Waals surface area contributed by atoms with E-state index >= 15 is 0 Å². The van der Waals surface area contributed by atoms with E-state index < -0.39 is 5.54 Å². The molecule has 1 rings (SSSR count). The Balaban J connectivity index is 3.23. The maximum absolute atomic E-state index is 4.89. The monoisotopic (exact) mass is 388 g/mol. The molecule has 0 aliphatic heterocycles. The lowest BCUT2D eigenvalue weighted by Gasteiger charge is -2.29. The Kier molecular flexibility index (Phi) is 10.4. The summed E-state index contributed by atoms with van der Waals surface area (Å²) in [6, 6.07) is 7.52. The third kappa shape index (κ3) is 7.70. The summed E-state index contributed by atoms with van der Waals surface area (Å²) in [6.07, 6.45) is 5.65. The summed E-state index contributed by atoms with van der Waals surface area (Å²) in [5.74, 6) is 0. The standard InChI is InChI=1S/C22H40N6/c1-9-19(12-15-26(3)4)24-18-25-22(10-2,13-16-27(5)6)21-17-20(28(7)8)11-14-23-21/h11,14,17,19H,9-10,12-13,15-16H2,1-8H3. The van der Waals surface area contributed by atoms with Crippen LogP contribution in [0.5, 0.6) is 0 Å². The Labute approximate surface area is 172 Å². The highest BCUT2D eigenvalue weighted by molar-refractivity contribution is 5.48. The predicted molar refractivity (Wildman–Crippen MR) is 121 cm³/mol. The lowest BCUT2D eigenvalue weighted by atomic mass is 9.88. The molecule has 0 bridgehead atoms. The average Bonchev–Trinajstić information content (AvgIpc) is 2.67. The van der Waals surface area contributed by atoms with Crippen LogP contribution in [0.25, 0.3) is 0 Å². The molecule has 158 valence electrons. The molecule has 1 aromatic heterocycles. The first-order valence-corrected chi connectivity index (χ1v) is 10.3. The molecule has 0 aliphatic carbocycles. The third-order valence-corrected chi connectivity index (χ3v) is 5.18. The molecule has 1 heterocycles. The predicted octanol–water partition coefficient (Wildman–Crippen LogP) is 3.61. The van der Waals surface area contributed by atoms with Crippen LogP contribution in [0, 0.1) is 0 Å². The fraction of sp³-hybridized carbons (Fsp3) is 0.727. The van der Waals surface area contributed by atoms with Gasteiger partial charge in [0.2, 0.25) is 0 Å². The molecule has 28 heavy (non-hydrogen) atoms. The van der Waals surface area contributed by atoms with Gasteiger partial charge in [0.15, 0.2) is 0 Å². The van der Waals surface area contributed by atoms with Crippen LogP contribution in [-0.2, 0) is 5.54 Å². The second kappa shape index (κ2) is 11.9. The van der Waals surface area contributed by atoms with Gasteiger partial charge in [-0.3, -0.25) is 4.98 Å². The summed E-state index contributed by atoms with van der Waals surface area (Å²) in [7, 11) is 12.5. The van der Waals surface area contributed by atoms with Crippen molar-refractivity contribution >= 4 is 11.7 Å². The van der Waals surface area contributed by atoms with E-state index in [1.807, 2.05) is 26.4 Å². The van der Waals surface area contributed by atoms with Gasteiger partial charge in [-0.05, 0) is 72.6 Å². The largest absolute Gasteiger partial charge is 0.378 e. The van der Waals surface area contributed by atoms with E-state index in [1.54, 1.807) is 0 Å². The van der Waals surface area contributed by atoms with Crippen LogP contribution in [0.4, 0.5) is 5.69 Å². The SMILES string of the molecule is CCC(CCN(C)C)N=C=NC(CC)(CCN(C)C)c1cc(N(C)C)ccn1. The first kappa shape index (κ1) is 24.3. The Morgan fingerprint density at radius 2 is 1.75 bits per heavy atom. The van der Waals surface area contributed by atoms with Gasteiger partial charge < -0.3 is 14.7 Å². The highest BCUT2D eigenvalue weighted by Gasteiger charge is 2.31. The molecule has 0 aliphatic rings. The fourth-order valence-corrected chi connectivity index (χ4v) is 3.01. The van der Waals surface area contributed by atoms with Gasteiger partial charge in [0.1, 0.15) is 5.54 Å². The van der Waals surface area contributed by atoms with Crippen molar-refractivity contribution < 1.29 is 0 Å². The van der Waals surface area contributed by atoms with Crippen molar-refractivity contribution in [3.63, 3.8) is 0 Å². The van der Waals surface area contributed by atoms with Gasteiger partial charge in [-0.2, -0.15) is 0 Å². The van der Waals surface area contributed by atoms with Crippen LogP contribution < -0.4 is 4.90 Å². The molecule has 0 amide bonds. The van der Waals surface area contributed by atoms with Crippen LogP contribution in [0.1, 0.15) is 45.2 Å². The Hall–Kier alpha value is -1.75. The van der Waals surface area contributed by atoms with Gasteiger partial charge >= 0.3 is 0 Å². The topological polar surface area (TPSA) is 47.3 Å². The summed E-state index contributed by atoms with van der Waals surface area (Å²) in [6.45, 7) is 6.31. The molecule has 6 nitrogen and oxygen atoms in total. The number of aromatic nitrogens is 1. The van der Waals surface area contributed by atoms with Crippen LogP contribution in [-0.4, -0.2) is 82.2 Å². The third-order valence-electron chi connectivity index (χ3n) is 5.18. The van der Waals surface area contributed by atoms with Crippen LogP contribution in [0.15, 0.2) is 28.3 Å². The molecule has 1 aromatic rings. The minimum atomic E-state index is -0.403. The van der Waals surface area contributed by atoms with Crippen molar-refractivity contribution in [1.29, 1.82) is 0 Å². The Morgan fingerprint density at radius 3 is 2.29 bits per heavy atom. The Morgan fingerprint density at radius 1 is 1.07 bits per heavy atom. The lowest BCUT2D eigenvalue weighted by molar-refractivity contribution is 0.308.